The Morgan fingerprint density at radius 1 is 1.05 bits per heavy atom. The molecule has 228 valence electrons. The average molecular weight is 585 g/mol. The third-order valence-electron chi connectivity index (χ3n) is 10.1. The summed E-state index contributed by atoms with van der Waals surface area (Å²) in [6, 6.07) is 15.4. The number of rotatable bonds is 6. The number of hydrogen-bond acceptors (Lipinski definition) is 4. The van der Waals surface area contributed by atoms with Gasteiger partial charge in [-0.05, 0) is 61.4 Å². The van der Waals surface area contributed by atoms with Gasteiger partial charge in [-0.15, -0.1) is 0 Å². The van der Waals surface area contributed by atoms with Crippen LogP contribution in [0.25, 0.3) is 10.9 Å². The van der Waals surface area contributed by atoms with Crippen molar-refractivity contribution in [3.05, 3.63) is 71.4 Å². The normalized spacial score (nSPS) is 22.5. The number of amides is 4. The topological polar surface area (TPSA) is 110 Å². The number of likely N-dealkylation sites (tertiary alicyclic amines) is 1. The molecule has 43 heavy (non-hydrogen) atoms. The Hall–Kier alpha value is -3.85. The number of aromatic nitrogens is 1. The molecule has 9 nitrogen and oxygen atoms in total. The number of piperidine rings is 2. The summed E-state index contributed by atoms with van der Waals surface area (Å²) in [5.41, 5.74) is 4.28. The number of H-pyrrole nitrogens is 1. The largest absolute Gasteiger partial charge is 0.361 e. The molecule has 4 atom stereocenters. The highest BCUT2D eigenvalue weighted by molar-refractivity contribution is 5.90. The highest BCUT2D eigenvalue weighted by Crippen LogP contribution is 2.52. The number of fused-ring (bicyclic) bond motifs is 3. The minimum Gasteiger partial charge on any atom is -0.361 e. The second-order valence-electron chi connectivity index (χ2n) is 12.9. The predicted molar refractivity (Wildman–Crippen MR) is 168 cm³/mol. The molecule has 9 heteroatoms. The lowest BCUT2D eigenvalue weighted by Crippen LogP contribution is -2.57. The fraction of sp³-hybridized carbons (Fsp3) is 0.500. The molecule has 6 rings (SSSR count). The van der Waals surface area contributed by atoms with Crippen molar-refractivity contribution >= 4 is 28.7 Å². The molecule has 3 aliphatic rings. The van der Waals surface area contributed by atoms with E-state index in [1.165, 1.54) is 5.56 Å². The Bertz CT molecular complexity index is 1480. The first-order valence-corrected chi connectivity index (χ1v) is 15.7. The van der Waals surface area contributed by atoms with Crippen molar-refractivity contribution in [1.29, 1.82) is 0 Å². The fourth-order valence-electron chi connectivity index (χ4n) is 7.65. The molecule has 2 aromatic carbocycles. The Morgan fingerprint density at radius 3 is 2.53 bits per heavy atom. The zero-order valence-electron chi connectivity index (χ0n) is 25.5. The lowest BCUT2D eigenvalue weighted by Gasteiger charge is -2.42. The molecular weight excluding hydrogens is 540 g/mol. The van der Waals surface area contributed by atoms with Crippen molar-refractivity contribution in [3.8, 4) is 0 Å². The Balaban J connectivity index is 1.22. The van der Waals surface area contributed by atoms with Gasteiger partial charge in [-0.1, -0.05) is 49.4 Å². The number of aromatic amines is 1. The predicted octanol–water partition coefficient (Wildman–Crippen LogP) is 3.83. The van der Waals surface area contributed by atoms with Crippen LogP contribution < -0.4 is 16.0 Å². The van der Waals surface area contributed by atoms with E-state index in [4.69, 9.17) is 0 Å². The van der Waals surface area contributed by atoms with Crippen LogP contribution in [-0.2, 0) is 15.0 Å². The zero-order chi connectivity index (χ0) is 30.1. The van der Waals surface area contributed by atoms with Gasteiger partial charge in [0.05, 0.1) is 5.92 Å². The molecule has 2 fully saturated rings. The van der Waals surface area contributed by atoms with Crippen LogP contribution in [0.5, 0.6) is 0 Å². The van der Waals surface area contributed by atoms with E-state index in [2.05, 4.69) is 45.2 Å². The first-order valence-electron chi connectivity index (χ1n) is 15.7. The van der Waals surface area contributed by atoms with Crippen LogP contribution in [0.3, 0.4) is 0 Å². The van der Waals surface area contributed by atoms with Gasteiger partial charge < -0.3 is 30.7 Å². The average Bonchev–Trinajstić information content (AvgIpc) is 3.60. The van der Waals surface area contributed by atoms with Crippen LogP contribution in [0.1, 0.15) is 67.6 Å². The van der Waals surface area contributed by atoms with Crippen molar-refractivity contribution in [2.75, 3.05) is 40.3 Å². The van der Waals surface area contributed by atoms with Gasteiger partial charge in [-0.3, -0.25) is 9.59 Å². The first kappa shape index (κ1) is 29.2. The SMILES string of the molecule is C[C@H](c1c[nH]c2ccccc12)C(NC(=O)NC1CCCNC1)C(=O)N1CCC2(CC1)C[C@@H](C(=O)N(C)C)c1ccccc12. The van der Waals surface area contributed by atoms with E-state index in [1.54, 1.807) is 4.90 Å². The maximum Gasteiger partial charge on any atom is 0.315 e. The van der Waals surface area contributed by atoms with Gasteiger partial charge in [-0.2, -0.15) is 0 Å². The van der Waals surface area contributed by atoms with E-state index in [1.807, 2.05) is 56.4 Å². The minimum atomic E-state index is -0.719. The Morgan fingerprint density at radius 2 is 1.79 bits per heavy atom. The molecule has 2 saturated heterocycles. The summed E-state index contributed by atoms with van der Waals surface area (Å²) in [5, 5.41) is 10.6. The number of nitrogens with one attached hydrogen (secondary N) is 4. The van der Waals surface area contributed by atoms with Gasteiger partial charge in [0.25, 0.3) is 0 Å². The smallest absolute Gasteiger partial charge is 0.315 e. The van der Waals surface area contributed by atoms with Crippen molar-refractivity contribution in [3.63, 3.8) is 0 Å². The van der Waals surface area contributed by atoms with Crippen LogP contribution in [0.4, 0.5) is 4.79 Å². The standard InChI is InChI=1S/C34H44N6O3/c1-22(27-21-36-29-13-7-5-11-25(27)29)30(38-33(43)37-23-9-8-16-35-20-23)32(42)40-17-14-34(15-18-40)19-26(31(41)39(2)3)24-10-4-6-12-28(24)34/h4-7,10-13,21-23,26,30,35-36H,8-9,14-20H2,1-3H3,(H2,37,38,43)/t22-,23?,26-,30?/m1/s1. The van der Waals surface area contributed by atoms with Gasteiger partial charge in [-0.25, -0.2) is 4.79 Å². The third-order valence-corrected chi connectivity index (χ3v) is 10.1. The van der Waals surface area contributed by atoms with Gasteiger partial charge in [0.15, 0.2) is 0 Å². The molecule has 3 heterocycles. The van der Waals surface area contributed by atoms with E-state index in [0.717, 1.165) is 67.2 Å². The highest BCUT2D eigenvalue weighted by atomic mass is 16.2. The lowest BCUT2D eigenvalue weighted by atomic mass is 9.73. The third kappa shape index (κ3) is 5.62. The molecule has 4 N–H and O–H groups in total. The van der Waals surface area contributed by atoms with Crippen molar-refractivity contribution in [2.24, 2.45) is 0 Å². The van der Waals surface area contributed by atoms with E-state index in [-0.39, 0.29) is 41.1 Å². The molecule has 3 aromatic rings. The summed E-state index contributed by atoms with van der Waals surface area (Å²) in [6.45, 7) is 4.89. The zero-order valence-corrected chi connectivity index (χ0v) is 25.5. The monoisotopic (exact) mass is 584 g/mol. The number of nitrogens with zero attached hydrogens (tertiary/aromatic N) is 2. The molecule has 2 unspecified atom stereocenters. The van der Waals surface area contributed by atoms with Gasteiger partial charge in [0.2, 0.25) is 11.8 Å². The van der Waals surface area contributed by atoms with E-state index >= 15 is 0 Å². The summed E-state index contributed by atoms with van der Waals surface area (Å²) in [6.07, 6.45) is 6.25. The number of para-hydroxylation sites is 1. The molecule has 1 aliphatic carbocycles. The first-order chi connectivity index (χ1) is 20.8. The maximum absolute atomic E-state index is 14.3. The van der Waals surface area contributed by atoms with Crippen LogP contribution in [0.15, 0.2) is 54.7 Å². The molecular formula is C34H44N6O3. The van der Waals surface area contributed by atoms with Crippen LogP contribution in [0, 0.1) is 0 Å². The molecule has 0 bridgehead atoms. The molecule has 1 spiro atoms. The molecule has 0 saturated carbocycles. The van der Waals surface area contributed by atoms with Gasteiger partial charge >= 0.3 is 6.03 Å². The second kappa shape index (κ2) is 12.0. The summed E-state index contributed by atoms with van der Waals surface area (Å²) >= 11 is 0. The van der Waals surface area contributed by atoms with E-state index < -0.39 is 6.04 Å². The summed E-state index contributed by atoms with van der Waals surface area (Å²) in [4.78, 5) is 47.7. The van der Waals surface area contributed by atoms with Crippen molar-refractivity contribution < 1.29 is 14.4 Å². The molecule has 2 aliphatic heterocycles. The van der Waals surface area contributed by atoms with E-state index in [0.29, 0.717) is 13.1 Å². The van der Waals surface area contributed by atoms with Gasteiger partial charge in [0.1, 0.15) is 6.04 Å². The number of benzene rings is 2. The Labute approximate surface area is 253 Å². The molecule has 0 radical (unpaired) electrons. The second-order valence-corrected chi connectivity index (χ2v) is 12.9. The van der Waals surface area contributed by atoms with Crippen LogP contribution in [0.2, 0.25) is 0 Å². The van der Waals surface area contributed by atoms with Gasteiger partial charge in [0, 0.05) is 68.2 Å². The molecule has 4 amide bonds. The number of likely N-dealkylation sites (N-methyl/N-ethyl adjacent to an activating group) is 1. The summed E-state index contributed by atoms with van der Waals surface area (Å²) in [5.74, 6) is -0.317. The number of hydrogen-bond donors (Lipinski definition) is 4. The number of urea groups is 1. The van der Waals surface area contributed by atoms with Crippen LogP contribution >= 0.6 is 0 Å². The maximum atomic E-state index is 14.3. The van der Waals surface area contributed by atoms with Crippen LogP contribution in [-0.4, -0.2) is 85.0 Å². The fourth-order valence-corrected chi connectivity index (χ4v) is 7.65. The van der Waals surface area contributed by atoms with Crippen molar-refractivity contribution in [2.45, 2.75) is 68.4 Å². The summed E-state index contributed by atoms with van der Waals surface area (Å²) in [7, 11) is 3.64. The van der Waals surface area contributed by atoms with Crippen molar-refractivity contribution in [1.82, 2.24) is 30.7 Å². The number of carbonyl (C=O) groups excluding carboxylic acids is 3. The highest BCUT2D eigenvalue weighted by Gasteiger charge is 2.49. The number of carbonyl (C=O) groups is 3. The summed E-state index contributed by atoms with van der Waals surface area (Å²) < 4.78 is 0. The quantitative estimate of drug-likeness (QED) is 0.353. The Kier molecular flexibility index (Phi) is 8.18. The van der Waals surface area contributed by atoms with E-state index in [9.17, 15) is 14.4 Å². The minimum absolute atomic E-state index is 0.0444. The lowest BCUT2D eigenvalue weighted by molar-refractivity contribution is -0.136. The molecule has 1 aromatic heterocycles.